The van der Waals surface area contributed by atoms with Crippen molar-refractivity contribution in [1.82, 2.24) is 0 Å². The molecule has 0 bridgehead atoms. The minimum Gasteiger partial charge on any atom is -0.398 e. The molecular weight excluding hydrogens is 222 g/mol. The molecule has 0 amide bonds. The van der Waals surface area contributed by atoms with Crippen molar-refractivity contribution in [2.75, 3.05) is 24.2 Å². The van der Waals surface area contributed by atoms with E-state index in [1.807, 2.05) is 0 Å². The summed E-state index contributed by atoms with van der Waals surface area (Å²) >= 11 is 0. The number of nitrogens with two attached hydrogens (primary N) is 1. The van der Waals surface area contributed by atoms with E-state index < -0.39 is 10.5 Å². The van der Waals surface area contributed by atoms with Crippen molar-refractivity contribution in [3.63, 3.8) is 0 Å². The smallest absolute Gasteiger partial charge is 0.273 e. The van der Waals surface area contributed by atoms with Gasteiger partial charge in [0.05, 0.1) is 10.5 Å². The molecule has 6 nitrogen and oxygen atoms in total. The number of nitro benzene ring substituents is 1. The largest absolute Gasteiger partial charge is 0.398 e. The van der Waals surface area contributed by atoms with E-state index in [-0.39, 0.29) is 5.69 Å². The molecule has 1 aromatic rings. The molecule has 0 fully saturated rings. The Morgan fingerprint density at radius 2 is 2.06 bits per heavy atom. The number of nitrogens with zero attached hydrogens (tertiary/aromatic N) is 2. The van der Waals surface area contributed by atoms with Crippen molar-refractivity contribution in [2.45, 2.75) is 19.4 Å². The van der Waals surface area contributed by atoms with Crippen LogP contribution in [-0.2, 0) is 0 Å². The summed E-state index contributed by atoms with van der Waals surface area (Å²) in [7, 11) is 1.75. The summed E-state index contributed by atoms with van der Waals surface area (Å²) in [6.07, 6.45) is 0. The number of aliphatic hydroxyl groups is 1. The van der Waals surface area contributed by atoms with Crippen LogP contribution in [0.1, 0.15) is 13.8 Å². The molecule has 3 N–H and O–H groups in total. The number of non-ortho nitro benzene ring substituents is 1. The molecule has 0 aromatic heterocycles. The molecule has 0 aliphatic rings. The Morgan fingerprint density at radius 3 is 2.53 bits per heavy atom. The van der Waals surface area contributed by atoms with Gasteiger partial charge in [-0.05, 0) is 19.9 Å². The second-order valence-electron chi connectivity index (χ2n) is 4.71. The van der Waals surface area contributed by atoms with E-state index in [0.717, 1.165) is 0 Å². The highest BCUT2D eigenvalue weighted by molar-refractivity contribution is 5.62. The lowest BCUT2D eigenvalue weighted by Gasteiger charge is -2.27. The molecule has 94 valence electrons. The fourth-order valence-corrected chi connectivity index (χ4v) is 1.62. The van der Waals surface area contributed by atoms with Crippen LogP contribution >= 0.6 is 0 Å². The van der Waals surface area contributed by atoms with Crippen LogP contribution in [0.3, 0.4) is 0 Å². The van der Waals surface area contributed by atoms with Crippen LogP contribution in [-0.4, -0.2) is 29.2 Å². The fraction of sp³-hybridized carbons (Fsp3) is 0.455. The fourth-order valence-electron chi connectivity index (χ4n) is 1.62. The number of benzene rings is 1. The molecule has 17 heavy (non-hydrogen) atoms. The van der Waals surface area contributed by atoms with Gasteiger partial charge in [0, 0.05) is 37.1 Å². The monoisotopic (exact) mass is 239 g/mol. The third-order valence-corrected chi connectivity index (χ3v) is 2.20. The maximum Gasteiger partial charge on any atom is 0.273 e. The zero-order valence-corrected chi connectivity index (χ0v) is 10.2. The number of nitro groups is 1. The van der Waals surface area contributed by atoms with Crippen LogP contribution < -0.4 is 10.6 Å². The van der Waals surface area contributed by atoms with E-state index in [1.54, 1.807) is 31.9 Å². The summed E-state index contributed by atoms with van der Waals surface area (Å²) in [4.78, 5) is 11.9. The lowest BCUT2D eigenvalue weighted by Crippen LogP contribution is -2.36. The summed E-state index contributed by atoms with van der Waals surface area (Å²) in [5.74, 6) is 0. The Balaban J connectivity index is 3.01. The van der Waals surface area contributed by atoms with Crippen molar-refractivity contribution in [3.05, 3.63) is 28.3 Å². The van der Waals surface area contributed by atoms with Crippen LogP contribution in [0.15, 0.2) is 18.2 Å². The Hall–Kier alpha value is -1.82. The van der Waals surface area contributed by atoms with Gasteiger partial charge in [-0.2, -0.15) is 0 Å². The van der Waals surface area contributed by atoms with Gasteiger partial charge < -0.3 is 15.7 Å². The zero-order valence-electron chi connectivity index (χ0n) is 10.2. The minimum atomic E-state index is -0.881. The predicted molar refractivity (Wildman–Crippen MR) is 67.1 cm³/mol. The number of hydrogen-bond donors (Lipinski definition) is 2. The second-order valence-corrected chi connectivity index (χ2v) is 4.71. The lowest BCUT2D eigenvalue weighted by molar-refractivity contribution is -0.384. The molecule has 1 rings (SSSR count). The Morgan fingerprint density at radius 1 is 1.47 bits per heavy atom. The van der Waals surface area contributed by atoms with Crippen LogP contribution in [0.5, 0.6) is 0 Å². The van der Waals surface area contributed by atoms with E-state index in [4.69, 9.17) is 5.73 Å². The molecule has 0 atom stereocenters. The molecule has 1 aromatic carbocycles. The molecule has 0 unspecified atom stereocenters. The maximum atomic E-state index is 10.7. The zero-order chi connectivity index (χ0) is 13.2. The lowest BCUT2D eigenvalue weighted by atomic mass is 10.1. The first-order chi connectivity index (χ1) is 7.69. The van der Waals surface area contributed by atoms with Gasteiger partial charge in [-0.25, -0.2) is 0 Å². The Labute approximate surface area is 99.8 Å². The average molecular weight is 239 g/mol. The van der Waals surface area contributed by atoms with Gasteiger partial charge in [-0.15, -0.1) is 0 Å². The maximum absolute atomic E-state index is 10.7. The highest BCUT2D eigenvalue weighted by Crippen LogP contribution is 2.25. The molecule has 0 saturated carbocycles. The quantitative estimate of drug-likeness (QED) is 0.470. The average Bonchev–Trinajstić information content (AvgIpc) is 2.13. The van der Waals surface area contributed by atoms with Crippen molar-refractivity contribution in [3.8, 4) is 0 Å². The Bertz CT molecular complexity index is 426. The van der Waals surface area contributed by atoms with E-state index >= 15 is 0 Å². The topological polar surface area (TPSA) is 92.6 Å². The van der Waals surface area contributed by atoms with Crippen molar-refractivity contribution in [2.24, 2.45) is 0 Å². The third-order valence-electron chi connectivity index (χ3n) is 2.20. The summed E-state index contributed by atoms with van der Waals surface area (Å²) in [6, 6.07) is 4.38. The molecule has 0 saturated heterocycles. The van der Waals surface area contributed by atoms with Crippen molar-refractivity contribution < 1.29 is 10.0 Å². The normalized spacial score (nSPS) is 11.3. The molecule has 0 spiro atoms. The first-order valence-electron chi connectivity index (χ1n) is 5.17. The van der Waals surface area contributed by atoms with Gasteiger partial charge in [0.2, 0.25) is 0 Å². The van der Waals surface area contributed by atoms with Gasteiger partial charge in [0.25, 0.3) is 5.69 Å². The molecule has 0 heterocycles. The van der Waals surface area contributed by atoms with E-state index in [0.29, 0.717) is 17.9 Å². The molecule has 0 aliphatic heterocycles. The third kappa shape index (κ3) is 3.92. The minimum absolute atomic E-state index is 0.0532. The second kappa shape index (κ2) is 4.58. The standard InChI is InChI=1S/C11H17N3O3/c1-11(2,15)7-13(3)9-4-8(12)5-10(6-9)14(16)17/h4-6,15H,7,12H2,1-3H3. The van der Waals surface area contributed by atoms with Gasteiger partial charge in [0.1, 0.15) is 0 Å². The number of likely N-dealkylation sites (N-methyl/N-ethyl adjacent to an activating group) is 1. The van der Waals surface area contributed by atoms with E-state index in [1.165, 1.54) is 12.1 Å². The number of anilines is 2. The van der Waals surface area contributed by atoms with E-state index in [9.17, 15) is 15.2 Å². The number of hydrogen-bond acceptors (Lipinski definition) is 5. The molecule has 0 radical (unpaired) electrons. The number of rotatable bonds is 4. The highest BCUT2D eigenvalue weighted by Gasteiger charge is 2.18. The summed E-state index contributed by atoms with van der Waals surface area (Å²) in [5, 5.41) is 20.4. The SMILES string of the molecule is CN(CC(C)(C)O)c1cc(N)cc([N+](=O)[O-])c1. The van der Waals surface area contributed by atoms with Gasteiger partial charge in [-0.3, -0.25) is 10.1 Å². The van der Waals surface area contributed by atoms with Crippen LogP contribution in [0.2, 0.25) is 0 Å². The van der Waals surface area contributed by atoms with Gasteiger partial charge >= 0.3 is 0 Å². The van der Waals surface area contributed by atoms with Crippen LogP contribution in [0.4, 0.5) is 17.1 Å². The van der Waals surface area contributed by atoms with Crippen LogP contribution in [0.25, 0.3) is 0 Å². The van der Waals surface area contributed by atoms with Gasteiger partial charge in [0.15, 0.2) is 0 Å². The molecular formula is C11H17N3O3. The summed E-state index contributed by atoms with van der Waals surface area (Å²) in [6.45, 7) is 3.70. The van der Waals surface area contributed by atoms with E-state index in [2.05, 4.69) is 0 Å². The predicted octanol–water partition coefficient (Wildman–Crippen LogP) is 1.38. The van der Waals surface area contributed by atoms with Crippen molar-refractivity contribution in [1.29, 1.82) is 0 Å². The molecule has 0 aliphatic carbocycles. The molecule has 6 heteroatoms. The summed E-state index contributed by atoms with van der Waals surface area (Å²) in [5.41, 5.74) is 5.61. The number of nitrogen functional groups attached to an aromatic ring is 1. The first-order valence-corrected chi connectivity index (χ1v) is 5.17. The summed E-state index contributed by atoms with van der Waals surface area (Å²) < 4.78 is 0. The van der Waals surface area contributed by atoms with Gasteiger partial charge in [-0.1, -0.05) is 0 Å². The van der Waals surface area contributed by atoms with Crippen molar-refractivity contribution >= 4 is 17.1 Å². The Kier molecular flexibility index (Phi) is 3.57. The first kappa shape index (κ1) is 13.2. The van der Waals surface area contributed by atoms with Crippen LogP contribution in [0, 0.1) is 10.1 Å². The highest BCUT2D eigenvalue weighted by atomic mass is 16.6.